The van der Waals surface area contributed by atoms with Gasteiger partial charge in [-0.25, -0.2) is 0 Å². The highest BCUT2D eigenvalue weighted by atomic mass is 16.5. The molecular formula is C42H33N3O3. The Labute approximate surface area is 280 Å². The van der Waals surface area contributed by atoms with Crippen molar-refractivity contribution in [1.82, 2.24) is 0 Å². The molecule has 0 saturated carbocycles. The molecule has 3 heterocycles. The van der Waals surface area contributed by atoms with Crippen molar-refractivity contribution in [3.05, 3.63) is 185 Å². The molecule has 6 aromatic carbocycles. The number of ether oxygens (including phenoxy) is 2. The first-order chi connectivity index (χ1) is 23.7. The molecule has 3 aliphatic rings. The Kier molecular flexibility index (Phi) is 6.68. The molecule has 6 nitrogen and oxygen atoms in total. The number of hydrogen-bond donors (Lipinski definition) is 0. The summed E-state index contributed by atoms with van der Waals surface area (Å²) in [5, 5.41) is 0. The van der Waals surface area contributed by atoms with Gasteiger partial charge in [-0.15, -0.1) is 0 Å². The van der Waals surface area contributed by atoms with Crippen LogP contribution in [0.3, 0.4) is 0 Å². The summed E-state index contributed by atoms with van der Waals surface area (Å²) in [5.74, 6) is 1.70. The van der Waals surface area contributed by atoms with Gasteiger partial charge in [0.15, 0.2) is 13.5 Å². The van der Waals surface area contributed by atoms with Crippen LogP contribution < -0.4 is 24.2 Å². The average Bonchev–Trinajstić information content (AvgIpc) is 3.43. The van der Waals surface area contributed by atoms with Gasteiger partial charge >= 0.3 is 0 Å². The number of fused-ring (bicyclic) bond motifs is 3. The summed E-state index contributed by atoms with van der Waals surface area (Å²) in [5.41, 5.74) is 7.88. The van der Waals surface area contributed by atoms with E-state index < -0.39 is 5.54 Å². The molecule has 48 heavy (non-hydrogen) atoms. The zero-order valence-electron chi connectivity index (χ0n) is 26.3. The number of para-hydroxylation sites is 3. The lowest BCUT2D eigenvalue weighted by Gasteiger charge is -2.42. The number of carbonyl (C=O) groups excluding carboxylic acids is 1. The summed E-state index contributed by atoms with van der Waals surface area (Å²) >= 11 is 0. The molecule has 234 valence electrons. The molecular weight excluding hydrogens is 594 g/mol. The predicted octanol–water partition coefficient (Wildman–Crippen LogP) is 8.35. The summed E-state index contributed by atoms with van der Waals surface area (Å²) in [4.78, 5) is 21.1. The average molecular weight is 628 g/mol. The number of hydrogen-bond acceptors (Lipinski definition) is 5. The van der Waals surface area contributed by atoms with E-state index >= 15 is 0 Å². The van der Waals surface area contributed by atoms with Gasteiger partial charge in [0.25, 0.3) is 5.91 Å². The smallest absolute Gasteiger partial charge is 0.260 e. The lowest BCUT2D eigenvalue weighted by molar-refractivity contribution is 0.0986. The molecule has 9 rings (SSSR count). The number of anilines is 3. The minimum atomic E-state index is -0.955. The van der Waals surface area contributed by atoms with Gasteiger partial charge in [-0.2, -0.15) is 0 Å². The van der Waals surface area contributed by atoms with Gasteiger partial charge in [0.05, 0.1) is 0 Å². The largest absolute Gasteiger partial charge is 0.473 e. The van der Waals surface area contributed by atoms with Crippen LogP contribution in [0.15, 0.2) is 152 Å². The zero-order valence-corrected chi connectivity index (χ0v) is 26.3. The van der Waals surface area contributed by atoms with E-state index in [1.165, 1.54) is 0 Å². The van der Waals surface area contributed by atoms with Crippen molar-refractivity contribution < 1.29 is 14.3 Å². The van der Waals surface area contributed by atoms with Crippen molar-refractivity contribution >= 4 is 23.0 Å². The number of benzene rings is 6. The fraction of sp³-hybridized carbons (Fsp3) is 0.119. The monoisotopic (exact) mass is 627 g/mol. The summed E-state index contributed by atoms with van der Waals surface area (Å²) in [7, 11) is 0. The molecule has 0 bridgehead atoms. The molecule has 0 radical (unpaired) electrons. The van der Waals surface area contributed by atoms with Gasteiger partial charge in [-0.1, -0.05) is 84.9 Å². The highest BCUT2D eigenvalue weighted by Gasteiger charge is 2.53. The second-order valence-electron chi connectivity index (χ2n) is 12.5. The number of rotatable bonds is 5. The van der Waals surface area contributed by atoms with E-state index in [1.807, 2.05) is 89.8 Å². The molecule has 3 aliphatic heterocycles. The van der Waals surface area contributed by atoms with Crippen LogP contribution in [0.25, 0.3) is 0 Å². The fourth-order valence-electron chi connectivity index (χ4n) is 7.55. The molecule has 0 unspecified atom stereocenters. The normalized spacial score (nSPS) is 16.0. The van der Waals surface area contributed by atoms with Crippen molar-refractivity contribution in [3.63, 3.8) is 0 Å². The van der Waals surface area contributed by atoms with Crippen LogP contribution in [0.4, 0.5) is 17.1 Å². The van der Waals surface area contributed by atoms with Crippen LogP contribution >= 0.6 is 0 Å². The molecule has 1 amide bonds. The first kappa shape index (κ1) is 28.2. The molecule has 6 heteroatoms. The van der Waals surface area contributed by atoms with Crippen molar-refractivity contribution in [1.29, 1.82) is 0 Å². The molecule has 6 aromatic rings. The minimum Gasteiger partial charge on any atom is -0.473 e. The van der Waals surface area contributed by atoms with Gasteiger partial charge in [-0.05, 0) is 83.4 Å². The standard InChI is InChI=1S/C42H33N3O3/c46-41-37-18-10-11-19-38(37)42(45(41)36-16-8-3-9-17-36,32-20-22-39-30(24-32)26-43(28-47-39)34-12-4-1-5-13-34)33-21-23-40-31(25-33)27-44(29-48-40)35-14-6-2-7-15-35/h1-25H,26-29H2. The van der Waals surface area contributed by atoms with Crippen LogP contribution in [-0.2, 0) is 18.6 Å². The van der Waals surface area contributed by atoms with E-state index in [0.29, 0.717) is 32.1 Å². The summed E-state index contributed by atoms with van der Waals surface area (Å²) in [6.45, 7) is 2.33. The predicted molar refractivity (Wildman–Crippen MR) is 189 cm³/mol. The lowest BCUT2D eigenvalue weighted by Crippen LogP contribution is -2.46. The molecule has 0 saturated heterocycles. The van der Waals surface area contributed by atoms with Gasteiger partial charge in [-0.3, -0.25) is 9.69 Å². The van der Waals surface area contributed by atoms with E-state index in [2.05, 4.69) is 76.5 Å². The number of carbonyl (C=O) groups is 1. The Morgan fingerprint density at radius 1 is 0.500 bits per heavy atom. The maximum Gasteiger partial charge on any atom is 0.260 e. The van der Waals surface area contributed by atoms with Crippen molar-refractivity contribution in [2.24, 2.45) is 0 Å². The Bertz CT molecular complexity index is 2030. The molecule has 0 fully saturated rings. The molecule has 0 N–H and O–H groups in total. The Morgan fingerprint density at radius 2 is 0.958 bits per heavy atom. The maximum absolute atomic E-state index is 14.7. The van der Waals surface area contributed by atoms with Gasteiger partial charge < -0.3 is 19.3 Å². The second kappa shape index (κ2) is 11.4. The van der Waals surface area contributed by atoms with E-state index in [1.54, 1.807) is 0 Å². The van der Waals surface area contributed by atoms with E-state index in [4.69, 9.17) is 9.47 Å². The molecule has 0 aromatic heterocycles. The molecule has 0 spiro atoms. The highest BCUT2D eigenvalue weighted by molar-refractivity contribution is 6.13. The van der Waals surface area contributed by atoms with Crippen LogP contribution in [0, 0.1) is 0 Å². The van der Waals surface area contributed by atoms with E-state index in [9.17, 15) is 4.79 Å². The molecule has 0 atom stereocenters. The Balaban J connectivity index is 1.25. The SMILES string of the molecule is O=C1c2ccccc2C(c2ccc3c(c2)CN(c2ccccc2)CO3)(c2ccc3c(c2)CN(c2ccccc2)CO3)N1c1ccccc1. The van der Waals surface area contributed by atoms with Crippen molar-refractivity contribution in [2.45, 2.75) is 18.6 Å². The fourth-order valence-corrected chi connectivity index (χ4v) is 7.55. The van der Waals surface area contributed by atoms with Crippen molar-refractivity contribution in [2.75, 3.05) is 28.2 Å². The third-order valence-corrected chi connectivity index (χ3v) is 9.77. The third-order valence-electron chi connectivity index (χ3n) is 9.77. The summed E-state index contributed by atoms with van der Waals surface area (Å²) in [6, 6.07) is 51.6. The van der Waals surface area contributed by atoms with Crippen molar-refractivity contribution in [3.8, 4) is 11.5 Å². The summed E-state index contributed by atoms with van der Waals surface area (Å²) in [6.07, 6.45) is 0. The first-order valence-electron chi connectivity index (χ1n) is 16.3. The Hall–Kier alpha value is -6.01. The number of nitrogens with zero attached hydrogens (tertiary/aromatic N) is 3. The number of amides is 1. The first-order valence-corrected chi connectivity index (χ1v) is 16.3. The van der Waals surface area contributed by atoms with Gasteiger partial charge in [0.2, 0.25) is 0 Å². The Morgan fingerprint density at radius 3 is 1.48 bits per heavy atom. The highest BCUT2D eigenvalue weighted by Crippen LogP contribution is 2.52. The second-order valence-corrected chi connectivity index (χ2v) is 12.5. The summed E-state index contributed by atoms with van der Waals surface area (Å²) < 4.78 is 12.6. The van der Waals surface area contributed by atoms with Gasteiger partial charge in [0, 0.05) is 46.8 Å². The van der Waals surface area contributed by atoms with Crippen LogP contribution in [0.1, 0.15) is 38.2 Å². The zero-order chi connectivity index (χ0) is 32.1. The third kappa shape index (κ3) is 4.44. The lowest BCUT2D eigenvalue weighted by atomic mass is 9.75. The topological polar surface area (TPSA) is 45.3 Å². The maximum atomic E-state index is 14.7. The van der Waals surface area contributed by atoms with Crippen LogP contribution in [-0.4, -0.2) is 19.4 Å². The molecule has 0 aliphatic carbocycles. The van der Waals surface area contributed by atoms with E-state index in [-0.39, 0.29) is 5.91 Å². The minimum absolute atomic E-state index is 0.0310. The van der Waals surface area contributed by atoms with Crippen LogP contribution in [0.5, 0.6) is 11.5 Å². The van der Waals surface area contributed by atoms with E-state index in [0.717, 1.165) is 56.4 Å². The quantitative estimate of drug-likeness (QED) is 0.192. The van der Waals surface area contributed by atoms with Gasteiger partial charge in [0.1, 0.15) is 17.0 Å². The van der Waals surface area contributed by atoms with Crippen LogP contribution in [0.2, 0.25) is 0 Å².